The Morgan fingerprint density at radius 1 is 1.24 bits per heavy atom. The fraction of sp³-hybridized carbons (Fsp3) is 0.235. The van der Waals surface area contributed by atoms with Gasteiger partial charge in [0.15, 0.2) is 5.82 Å². The Bertz CT molecular complexity index is 789. The summed E-state index contributed by atoms with van der Waals surface area (Å²) in [6.07, 6.45) is 3.15. The van der Waals surface area contributed by atoms with Crippen LogP contribution in [0.1, 0.15) is 5.69 Å². The Morgan fingerprint density at radius 3 is 2.72 bits per heavy atom. The minimum Gasteiger partial charge on any atom is -0.404 e. The smallest absolute Gasteiger partial charge is 0.163 e. The molecule has 1 aromatic heterocycles. The summed E-state index contributed by atoms with van der Waals surface area (Å²) in [5.41, 5.74) is 6.94. The summed E-state index contributed by atoms with van der Waals surface area (Å²) in [7, 11) is 1.70. The van der Waals surface area contributed by atoms with E-state index in [2.05, 4.69) is 25.6 Å². The van der Waals surface area contributed by atoms with Gasteiger partial charge in [0, 0.05) is 42.5 Å². The third kappa shape index (κ3) is 5.62. The summed E-state index contributed by atoms with van der Waals surface area (Å²) in [6.45, 7) is 3.23. The number of aryl methyl sites for hydroxylation is 1. The van der Waals surface area contributed by atoms with E-state index in [9.17, 15) is 0 Å². The van der Waals surface area contributed by atoms with Crippen LogP contribution in [0, 0.1) is 6.92 Å². The number of aliphatic imine (C=N–C) groups is 1. The summed E-state index contributed by atoms with van der Waals surface area (Å²) in [5, 5.41) is 7.50. The molecule has 4 N–H and O–H groups in total. The standard InChI is InChI=1S/C17H20Cl2N6/c1-11-9-16(23-8-7-22-15(21-2)5-6-20)25-17(24-11)13-4-3-12(18)10-14(13)19/h3-6,9-10H,7-8,20H2,1-2H3,(H,21,22)(H,23,24,25). The first-order valence-corrected chi connectivity index (χ1v) is 8.43. The molecular formula is C17H20Cl2N6. The molecule has 1 heterocycles. The van der Waals surface area contributed by atoms with Crippen molar-refractivity contribution in [1.29, 1.82) is 0 Å². The average molecular weight is 379 g/mol. The molecule has 0 aliphatic carbocycles. The van der Waals surface area contributed by atoms with E-state index in [1.165, 1.54) is 6.20 Å². The van der Waals surface area contributed by atoms with Crippen LogP contribution >= 0.6 is 23.2 Å². The molecule has 2 rings (SSSR count). The molecule has 0 saturated carbocycles. The van der Waals surface area contributed by atoms with Gasteiger partial charge in [0.25, 0.3) is 0 Å². The third-order valence-corrected chi connectivity index (χ3v) is 3.81. The molecule has 0 bridgehead atoms. The van der Waals surface area contributed by atoms with Crippen LogP contribution in [0.15, 0.2) is 41.5 Å². The molecule has 0 radical (unpaired) electrons. The lowest BCUT2D eigenvalue weighted by Gasteiger charge is -2.11. The first-order valence-electron chi connectivity index (χ1n) is 7.67. The number of nitrogens with two attached hydrogens (primary N) is 1. The first kappa shape index (κ1) is 19.0. The first-order chi connectivity index (χ1) is 12.0. The second-order valence-electron chi connectivity index (χ2n) is 5.16. The highest BCUT2D eigenvalue weighted by molar-refractivity contribution is 6.36. The van der Waals surface area contributed by atoms with Crippen molar-refractivity contribution in [1.82, 2.24) is 15.3 Å². The number of hydrogen-bond acceptors (Lipinski definition) is 5. The van der Waals surface area contributed by atoms with Gasteiger partial charge in [-0.2, -0.15) is 0 Å². The highest BCUT2D eigenvalue weighted by Gasteiger charge is 2.09. The zero-order valence-corrected chi connectivity index (χ0v) is 15.6. The summed E-state index contributed by atoms with van der Waals surface area (Å²) in [4.78, 5) is 13.0. The van der Waals surface area contributed by atoms with Crippen LogP contribution in [-0.2, 0) is 0 Å². The van der Waals surface area contributed by atoms with E-state index in [0.29, 0.717) is 29.0 Å². The van der Waals surface area contributed by atoms with Gasteiger partial charge >= 0.3 is 0 Å². The Morgan fingerprint density at radius 2 is 2.04 bits per heavy atom. The molecule has 0 amide bonds. The molecule has 25 heavy (non-hydrogen) atoms. The van der Waals surface area contributed by atoms with E-state index in [1.807, 2.05) is 19.1 Å². The maximum atomic E-state index is 6.25. The summed E-state index contributed by atoms with van der Waals surface area (Å²) < 4.78 is 0. The molecule has 0 atom stereocenters. The predicted molar refractivity (Wildman–Crippen MR) is 105 cm³/mol. The monoisotopic (exact) mass is 378 g/mol. The third-order valence-electron chi connectivity index (χ3n) is 3.26. The molecular weight excluding hydrogens is 359 g/mol. The van der Waals surface area contributed by atoms with Gasteiger partial charge in [-0.1, -0.05) is 23.2 Å². The van der Waals surface area contributed by atoms with Crippen LogP contribution in [0.2, 0.25) is 10.0 Å². The SMILES string of the molecule is CN=C(C=CN)NCCNc1cc(C)nc(-c2ccc(Cl)cc2Cl)n1. The van der Waals surface area contributed by atoms with E-state index in [4.69, 9.17) is 28.9 Å². The minimum atomic E-state index is 0.517. The van der Waals surface area contributed by atoms with Gasteiger partial charge in [-0.05, 0) is 37.4 Å². The molecule has 132 valence electrons. The van der Waals surface area contributed by atoms with Crippen molar-refractivity contribution in [3.8, 4) is 11.4 Å². The Labute approximate surface area is 157 Å². The fourth-order valence-corrected chi connectivity index (χ4v) is 2.63. The van der Waals surface area contributed by atoms with Crippen molar-refractivity contribution in [3.05, 3.63) is 52.3 Å². The van der Waals surface area contributed by atoms with Gasteiger partial charge in [0.05, 0.1) is 5.02 Å². The quantitative estimate of drug-likeness (QED) is 0.407. The van der Waals surface area contributed by atoms with Crippen LogP contribution in [0.25, 0.3) is 11.4 Å². The predicted octanol–water partition coefficient (Wildman–Crippen LogP) is 3.26. The average Bonchev–Trinajstić information content (AvgIpc) is 2.57. The number of nitrogens with one attached hydrogen (secondary N) is 2. The van der Waals surface area contributed by atoms with Gasteiger partial charge in [-0.25, -0.2) is 9.97 Å². The molecule has 0 unspecified atom stereocenters. The molecule has 0 spiro atoms. The largest absolute Gasteiger partial charge is 0.404 e. The lowest BCUT2D eigenvalue weighted by molar-refractivity contribution is 0.900. The van der Waals surface area contributed by atoms with E-state index in [0.717, 1.165) is 22.9 Å². The highest BCUT2D eigenvalue weighted by atomic mass is 35.5. The Hall–Kier alpha value is -2.31. The number of rotatable bonds is 6. The van der Waals surface area contributed by atoms with Crippen LogP contribution < -0.4 is 16.4 Å². The lowest BCUT2D eigenvalue weighted by atomic mass is 10.2. The van der Waals surface area contributed by atoms with E-state index >= 15 is 0 Å². The zero-order chi connectivity index (χ0) is 18.2. The maximum absolute atomic E-state index is 6.25. The van der Waals surface area contributed by atoms with Gasteiger partial charge < -0.3 is 16.4 Å². The van der Waals surface area contributed by atoms with Crippen molar-refractivity contribution >= 4 is 34.9 Å². The van der Waals surface area contributed by atoms with Gasteiger partial charge in [0.1, 0.15) is 11.7 Å². The summed E-state index contributed by atoms with van der Waals surface area (Å²) in [6, 6.07) is 7.13. The number of nitrogens with zero attached hydrogens (tertiary/aromatic N) is 3. The lowest BCUT2D eigenvalue weighted by Crippen LogP contribution is -2.27. The van der Waals surface area contributed by atoms with Crippen LogP contribution in [0.4, 0.5) is 5.82 Å². The number of benzene rings is 1. The molecule has 2 aromatic rings. The van der Waals surface area contributed by atoms with E-state index in [1.54, 1.807) is 25.3 Å². The molecule has 6 nitrogen and oxygen atoms in total. The molecule has 1 aromatic carbocycles. The molecule has 0 aliphatic heterocycles. The normalized spacial score (nSPS) is 11.8. The van der Waals surface area contributed by atoms with Gasteiger partial charge in [-0.3, -0.25) is 4.99 Å². The highest BCUT2D eigenvalue weighted by Crippen LogP contribution is 2.28. The van der Waals surface area contributed by atoms with Crippen LogP contribution in [0.3, 0.4) is 0 Å². The number of aromatic nitrogens is 2. The van der Waals surface area contributed by atoms with Crippen molar-refractivity contribution < 1.29 is 0 Å². The number of anilines is 1. The van der Waals surface area contributed by atoms with Crippen molar-refractivity contribution in [2.45, 2.75) is 6.92 Å². The number of hydrogen-bond donors (Lipinski definition) is 3. The van der Waals surface area contributed by atoms with Gasteiger partial charge in [0.2, 0.25) is 0 Å². The van der Waals surface area contributed by atoms with Crippen LogP contribution in [0.5, 0.6) is 0 Å². The Balaban J connectivity index is 2.06. The molecule has 0 saturated heterocycles. The second-order valence-corrected chi connectivity index (χ2v) is 6.01. The van der Waals surface area contributed by atoms with Crippen LogP contribution in [-0.4, -0.2) is 35.9 Å². The zero-order valence-electron chi connectivity index (χ0n) is 14.1. The fourth-order valence-electron chi connectivity index (χ4n) is 2.14. The molecule has 0 aliphatic rings. The van der Waals surface area contributed by atoms with Crippen molar-refractivity contribution in [3.63, 3.8) is 0 Å². The minimum absolute atomic E-state index is 0.517. The summed E-state index contributed by atoms with van der Waals surface area (Å²) >= 11 is 12.2. The van der Waals surface area contributed by atoms with E-state index < -0.39 is 0 Å². The molecule has 8 heteroatoms. The van der Waals surface area contributed by atoms with E-state index in [-0.39, 0.29) is 0 Å². The topological polar surface area (TPSA) is 88.2 Å². The second kappa shape index (κ2) is 9.25. The van der Waals surface area contributed by atoms with Crippen molar-refractivity contribution in [2.24, 2.45) is 10.7 Å². The van der Waals surface area contributed by atoms with Crippen molar-refractivity contribution in [2.75, 3.05) is 25.5 Å². The number of halogens is 2. The Kier molecular flexibility index (Phi) is 7.03. The summed E-state index contributed by atoms with van der Waals surface area (Å²) in [5.74, 6) is 2.00. The molecule has 0 fully saturated rings. The number of amidine groups is 1. The maximum Gasteiger partial charge on any atom is 0.163 e. The van der Waals surface area contributed by atoms with Gasteiger partial charge in [-0.15, -0.1) is 0 Å².